The van der Waals surface area contributed by atoms with Gasteiger partial charge in [-0.2, -0.15) is 0 Å². The van der Waals surface area contributed by atoms with Gasteiger partial charge < -0.3 is 21.9 Å². The van der Waals surface area contributed by atoms with Crippen molar-refractivity contribution < 1.29 is 24.3 Å². The van der Waals surface area contributed by atoms with Crippen LogP contribution in [0.5, 0.6) is 0 Å². The van der Waals surface area contributed by atoms with E-state index in [1.165, 1.54) is 33.1 Å². The van der Waals surface area contributed by atoms with Crippen LogP contribution in [0.3, 0.4) is 0 Å². The van der Waals surface area contributed by atoms with Crippen molar-refractivity contribution in [1.29, 1.82) is 0 Å². The van der Waals surface area contributed by atoms with Crippen molar-refractivity contribution in [3.8, 4) is 0 Å². The standard InChI is InChI=1S/C21H24N8O5S2/c22-8-12-4-2-1-3-11(12)7-15(31)24-16-18(32)29-17(20(33)34)13(9-35-19(16)29)10-36-21-25-26-27-28(21)6-5-14(23)30/h1-4,16,19H,5-10,22H2,(H2,23,30)(H,24,31)(H,33,34)/t16?,19-/m1/s1. The Morgan fingerprint density at radius 1 is 1.25 bits per heavy atom. The number of nitrogens with two attached hydrogens (primary N) is 2. The molecule has 4 rings (SSSR count). The number of carbonyl (C=O) groups excluding carboxylic acids is 3. The average molecular weight is 533 g/mol. The number of nitrogens with zero attached hydrogens (tertiary/aromatic N) is 5. The molecule has 1 unspecified atom stereocenters. The fourth-order valence-electron chi connectivity index (χ4n) is 3.93. The number of β-lactam (4-membered cyclic amide) rings is 1. The summed E-state index contributed by atoms with van der Waals surface area (Å²) in [5, 5.41) is 23.8. The lowest BCUT2D eigenvalue weighted by atomic mass is 10.0. The molecule has 2 aliphatic heterocycles. The van der Waals surface area contributed by atoms with E-state index in [1.54, 1.807) is 0 Å². The fraction of sp³-hybridized carbons (Fsp3) is 0.381. The Balaban J connectivity index is 1.42. The first-order valence-electron chi connectivity index (χ1n) is 10.9. The lowest BCUT2D eigenvalue weighted by Crippen LogP contribution is -2.70. The molecule has 1 aromatic heterocycles. The molecule has 0 saturated carbocycles. The molecule has 1 fully saturated rings. The topological polar surface area (TPSA) is 199 Å². The lowest BCUT2D eigenvalue weighted by Gasteiger charge is -2.49. The number of thioether (sulfide) groups is 2. The maximum Gasteiger partial charge on any atom is 0.352 e. The number of tetrazole rings is 1. The number of hydrogen-bond acceptors (Lipinski definition) is 10. The van der Waals surface area contributed by atoms with Crippen molar-refractivity contribution in [2.24, 2.45) is 11.5 Å². The number of carboxylic acid groups (broad SMARTS) is 1. The Kier molecular flexibility index (Phi) is 7.91. The second-order valence-corrected chi connectivity index (χ2v) is 10.1. The molecule has 0 spiro atoms. The number of carboxylic acids is 1. The van der Waals surface area contributed by atoms with Crippen LogP contribution in [0.4, 0.5) is 0 Å². The van der Waals surface area contributed by atoms with E-state index in [4.69, 9.17) is 11.5 Å². The van der Waals surface area contributed by atoms with E-state index in [0.717, 1.165) is 11.1 Å². The Morgan fingerprint density at radius 2 is 2.00 bits per heavy atom. The van der Waals surface area contributed by atoms with Gasteiger partial charge in [-0.1, -0.05) is 36.0 Å². The molecular weight excluding hydrogens is 508 g/mol. The third-order valence-electron chi connectivity index (χ3n) is 5.70. The van der Waals surface area contributed by atoms with Crippen LogP contribution in [0, 0.1) is 0 Å². The number of aliphatic carboxylic acids is 1. The van der Waals surface area contributed by atoms with Crippen LogP contribution in [0.25, 0.3) is 0 Å². The number of primary amides is 1. The van der Waals surface area contributed by atoms with Gasteiger partial charge in [-0.25, -0.2) is 9.48 Å². The van der Waals surface area contributed by atoms with Gasteiger partial charge in [-0.3, -0.25) is 19.3 Å². The number of hydrogen-bond donors (Lipinski definition) is 4. The third kappa shape index (κ3) is 5.37. The largest absolute Gasteiger partial charge is 0.477 e. The second kappa shape index (κ2) is 11.1. The molecule has 0 bridgehead atoms. The monoisotopic (exact) mass is 532 g/mol. The van der Waals surface area contributed by atoms with E-state index >= 15 is 0 Å². The zero-order valence-corrected chi connectivity index (χ0v) is 20.6. The van der Waals surface area contributed by atoms with E-state index in [0.29, 0.717) is 23.0 Å². The Hall–Kier alpha value is -3.43. The van der Waals surface area contributed by atoms with Crippen LogP contribution in [0.1, 0.15) is 17.5 Å². The number of rotatable bonds is 11. The van der Waals surface area contributed by atoms with Crippen LogP contribution >= 0.6 is 23.5 Å². The summed E-state index contributed by atoms with van der Waals surface area (Å²) >= 11 is 2.58. The highest BCUT2D eigenvalue weighted by molar-refractivity contribution is 8.01. The Morgan fingerprint density at radius 3 is 2.69 bits per heavy atom. The summed E-state index contributed by atoms with van der Waals surface area (Å²) < 4.78 is 1.42. The van der Waals surface area contributed by atoms with Crippen molar-refractivity contribution in [2.45, 2.75) is 42.5 Å². The van der Waals surface area contributed by atoms with Crippen LogP contribution < -0.4 is 16.8 Å². The fourth-order valence-corrected chi connectivity index (χ4v) is 6.32. The number of benzene rings is 1. The quantitative estimate of drug-likeness (QED) is 0.206. The van der Waals surface area contributed by atoms with Gasteiger partial charge >= 0.3 is 5.97 Å². The SMILES string of the molecule is NCc1ccccc1CC(=O)NC1C(=O)N2C(C(=O)O)=C(CSc3nnnn3CCC(N)=O)CS[C@H]12. The summed E-state index contributed by atoms with van der Waals surface area (Å²) in [5.74, 6) is -1.94. The van der Waals surface area contributed by atoms with Gasteiger partial charge in [0.1, 0.15) is 17.1 Å². The van der Waals surface area contributed by atoms with Crippen molar-refractivity contribution in [3.63, 3.8) is 0 Å². The average Bonchev–Trinajstić information content (AvgIpc) is 3.31. The van der Waals surface area contributed by atoms with Crippen molar-refractivity contribution in [2.75, 3.05) is 11.5 Å². The number of amides is 3. The van der Waals surface area contributed by atoms with Crippen LogP contribution in [-0.4, -0.2) is 76.8 Å². The molecule has 0 aliphatic carbocycles. The molecule has 15 heteroatoms. The summed E-state index contributed by atoms with van der Waals surface area (Å²) in [6, 6.07) is 6.50. The van der Waals surface area contributed by atoms with Crippen molar-refractivity contribution in [3.05, 3.63) is 46.7 Å². The molecule has 0 radical (unpaired) electrons. The molecule has 1 saturated heterocycles. The van der Waals surface area contributed by atoms with Gasteiger partial charge in [-0.05, 0) is 27.1 Å². The molecule has 3 heterocycles. The van der Waals surface area contributed by atoms with Crippen LogP contribution in [-0.2, 0) is 38.7 Å². The highest BCUT2D eigenvalue weighted by atomic mass is 32.2. The minimum Gasteiger partial charge on any atom is -0.477 e. The highest BCUT2D eigenvalue weighted by Gasteiger charge is 2.54. The third-order valence-corrected chi connectivity index (χ3v) is 8.08. The van der Waals surface area contributed by atoms with E-state index < -0.39 is 29.2 Å². The normalized spacial score (nSPS) is 19.0. The molecule has 36 heavy (non-hydrogen) atoms. The number of nitrogens with one attached hydrogen (secondary N) is 1. The van der Waals surface area contributed by atoms with E-state index in [9.17, 15) is 24.3 Å². The first-order chi connectivity index (χ1) is 17.3. The summed E-state index contributed by atoms with van der Waals surface area (Å²) in [6.07, 6.45) is 0.134. The second-order valence-electron chi connectivity index (χ2n) is 8.05. The Bertz CT molecular complexity index is 1230. The maximum atomic E-state index is 12.9. The van der Waals surface area contributed by atoms with E-state index in [-0.39, 0.29) is 36.7 Å². The van der Waals surface area contributed by atoms with Gasteiger partial charge in [0.15, 0.2) is 0 Å². The van der Waals surface area contributed by atoms with Crippen molar-refractivity contribution >= 4 is 47.2 Å². The van der Waals surface area contributed by atoms with Crippen LogP contribution in [0.2, 0.25) is 0 Å². The predicted octanol–water partition coefficient (Wildman–Crippen LogP) is -0.919. The summed E-state index contributed by atoms with van der Waals surface area (Å²) in [4.78, 5) is 49.9. The molecule has 2 aromatic rings. The molecule has 190 valence electrons. The van der Waals surface area contributed by atoms with Gasteiger partial charge in [-0.15, -0.1) is 16.9 Å². The van der Waals surface area contributed by atoms with E-state index in [1.807, 2.05) is 24.3 Å². The van der Waals surface area contributed by atoms with Gasteiger partial charge in [0.2, 0.25) is 17.0 Å². The smallest absolute Gasteiger partial charge is 0.352 e. The molecule has 1 aromatic carbocycles. The minimum atomic E-state index is -1.22. The summed E-state index contributed by atoms with van der Waals surface area (Å²) in [6.45, 7) is 0.497. The number of aryl methyl sites for hydroxylation is 1. The molecular formula is C21H24N8O5S2. The molecule has 13 nitrogen and oxygen atoms in total. The lowest BCUT2D eigenvalue weighted by molar-refractivity contribution is -0.150. The first-order valence-corrected chi connectivity index (χ1v) is 13.0. The van der Waals surface area contributed by atoms with E-state index in [2.05, 4.69) is 20.8 Å². The highest BCUT2D eigenvalue weighted by Crippen LogP contribution is 2.41. The molecule has 2 aliphatic rings. The first kappa shape index (κ1) is 25.7. The summed E-state index contributed by atoms with van der Waals surface area (Å²) in [5.41, 5.74) is 13.0. The van der Waals surface area contributed by atoms with Gasteiger partial charge in [0.05, 0.1) is 13.0 Å². The molecule has 6 N–H and O–H groups in total. The molecule has 3 amide bonds. The molecule has 2 atom stereocenters. The maximum absolute atomic E-state index is 12.9. The van der Waals surface area contributed by atoms with Crippen LogP contribution in [0.15, 0.2) is 40.7 Å². The minimum absolute atomic E-state index is 0.0619. The van der Waals surface area contributed by atoms with Crippen molar-refractivity contribution in [1.82, 2.24) is 30.4 Å². The Labute approximate surface area is 214 Å². The van der Waals surface area contributed by atoms with Gasteiger partial charge in [0.25, 0.3) is 5.91 Å². The summed E-state index contributed by atoms with van der Waals surface area (Å²) in [7, 11) is 0. The van der Waals surface area contributed by atoms with Gasteiger partial charge in [0, 0.05) is 24.5 Å². The number of fused-ring (bicyclic) bond motifs is 1. The number of aromatic nitrogens is 4. The predicted molar refractivity (Wildman–Crippen MR) is 130 cm³/mol. The zero-order chi connectivity index (χ0) is 25.8. The number of carbonyl (C=O) groups is 4. The zero-order valence-electron chi connectivity index (χ0n) is 19.0.